The molecule has 8 nitrogen and oxygen atoms in total. The lowest BCUT2D eigenvalue weighted by atomic mass is 10.0. The quantitative estimate of drug-likeness (QED) is 0.0406. The van der Waals surface area contributed by atoms with E-state index in [1.807, 2.05) is 112 Å². The predicted molar refractivity (Wildman–Crippen MR) is 180 cm³/mol. The molecule has 43 heavy (non-hydrogen) atoms. The van der Waals surface area contributed by atoms with E-state index < -0.39 is 11.9 Å². The average molecular weight is 752 g/mol. The molecule has 0 saturated carbocycles. The number of carbonyl (C=O) groups is 3. The molecule has 218 valence electrons. The summed E-state index contributed by atoms with van der Waals surface area (Å²) in [6.07, 6.45) is 0. The Balaban J connectivity index is 1.68. The van der Waals surface area contributed by atoms with Crippen LogP contribution in [0.2, 0.25) is 0 Å². The predicted octanol–water partition coefficient (Wildman–Crippen LogP) is 8.14. The number of hydrogen-bond acceptors (Lipinski definition) is 8. The summed E-state index contributed by atoms with van der Waals surface area (Å²) in [6, 6.07) is 30.0. The zero-order chi connectivity index (χ0) is 30.9. The molecule has 10 heteroatoms. The van der Waals surface area contributed by atoms with Gasteiger partial charge in [-0.3, -0.25) is 4.79 Å². The number of hydrogen-bond donors (Lipinski definition) is 0. The summed E-state index contributed by atoms with van der Waals surface area (Å²) < 4.78 is 1.12. The monoisotopic (exact) mass is 751 g/mol. The molecule has 0 fully saturated rings. The Bertz CT molecular complexity index is 1670. The van der Waals surface area contributed by atoms with Crippen LogP contribution in [0, 0.1) is 0 Å². The van der Waals surface area contributed by atoms with E-state index >= 15 is 0 Å². The Labute approximate surface area is 271 Å². The van der Waals surface area contributed by atoms with Gasteiger partial charge in [0.05, 0.1) is 11.4 Å². The molecular weight excluding hydrogens is 725 g/mol. The van der Waals surface area contributed by atoms with E-state index in [-0.39, 0.29) is 10.2 Å². The van der Waals surface area contributed by atoms with Crippen LogP contribution >= 0.6 is 38.5 Å². The van der Waals surface area contributed by atoms with Gasteiger partial charge in [0.2, 0.25) is 0 Å². The summed E-state index contributed by atoms with van der Waals surface area (Å²) in [5.41, 5.74) is 6.44. The minimum absolute atomic E-state index is 0.0696. The number of alkyl halides is 1. The van der Waals surface area contributed by atoms with E-state index in [0.29, 0.717) is 22.6 Å². The number of halogens is 2. The Kier molecular flexibility index (Phi) is 11.0. The first-order chi connectivity index (χ1) is 20.7. The molecular formula is C33H27BrIN3O5. The summed E-state index contributed by atoms with van der Waals surface area (Å²) in [6.45, 7) is 4.83. The molecule has 0 atom stereocenters. The Morgan fingerprint density at radius 3 is 1.40 bits per heavy atom. The molecule has 0 unspecified atom stereocenters. The number of anilines is 3. The van der Waals surface area contributed by atoms with Gasteiger partial charge in [0.15, 0.2) is 5.78 Å². The highest BCUT2D eigenvalue weighted by Crippen LogP contribution is 2.35. The molecule has 4 aromatic rings. The van der Waals surface area contributed by atoms with Crippen LogP contribution in [0.1, 0.15) is 47.8 Å². The summed E-state index contributed by atoms with van der Waals surface area (Å²) in [5.74, 6) is -0.975. The van der Waals surface area contributed by atoms with Gasteiger partial charge >= 0.3 is 11.9 Å². The second-order valence-corrected chi connectivity index (χ2v) is 11.0. The van der Waals surface area contributed by atoms with Crippen LogP contribution in [-0.4, -0.2) is 33.6 Å². The standard InChI is InChI=1S/C33H27BrIN3O5/c1-21(36-42-23(3)39)24-6-14-29(15-7-24)38(30-16-8-25(9-17-30)22(2)37-43-32(40)20-35)31-18-10-27(11-19-31)33(41)26-4-12-28(34)13-5-26/h4-19H,20H2,1-3H3/b36-21+,37-22+. The normalized spacial score (nSPS) is 11.6. The maximum Gasteiger partial charge on any atom is 0.344 e. The van der Waals surface area contributed by atoms with Crippen molar-refractivity contribution in [3.8, 4) is 0 Å². The lowest BCUT2D eigenvalue weighted by molar-refractivity contribution is -0.141. The van der Waals surface area contributed by atoms with Crippen molar-refractivity contribution in [1.82, 2.24) is 0 Å². The topological polar surface area (TPSA) is 97.6 Å². The Morgan fingerprint density at radius 1 is 0.628 bits per heavy atom. The summed E-state index contributed by atoms with van der Waals surface area (Å²) >= 11 is 5.33. The highest BCUT2D eigenvalue weighted by Gasteiger charge is 2.16. The zero-order valence-electron chi connectivity index (χ0n) is 23.6. The van der Waals surface area contributed by atoms with Crippen molar-refractivity contribution in [2.45, 2.75) is 20.8 Å². The van der Waals surface area contributed by atoms with Crippen LogP contribution in [0.5, 0.6) is 0 Å². The zero-order valence-corrected chi connectivity index (χ0v) is 27.3. The maximum atomic E-state index is 13.1. The van der Waals surface area contributed by atoms with Crippen LogP contribution in [0.4, 0.5) is 17.1 Å². The number of carbonyl (C=O) groups excluding carboxylic acids is 3. The molecule has 0 amide bonds. The number of nitrogens with zero attached hydrogens (tertiary/aromatic N) is 3. The van der Waals surface area contributed by atoms with E-state index in [2.05, 4.69) is 26.2 Å². The van der Waals surface area contributed by atoms with Gasteiger partial charge in [0.25, 0.3) is 0 Å². The lowest BCUT2D eigenvalue weighted by Crippen LogP contribution is -2.11. The van der Waals surface area contributed by atoms with Crippen molar-refractivity contribution in [2.75, 3.05) is 9.33 Å². The van der Waals surface area contributed by atoms with Crippen molar-refractivity contribution in [3.63, 3.8) is 0 Å². The van der Waals surface area contributed by atoms with Gasteiger partial charge in [-0.05, 0) is 97.8 Å². The molecule has 4 aromatic carbocycles. The first-order valence-electron chi connectivity index (χ1n) is 13.1. The second kappa shape index (κ2) is 14.8. The molecule has 0 spiro atoms. The van der Waals surface area contributed by atoms with Gasteiger partial charge in [-0.15, -0.1) is 0 Å². The highest BCUT2D eigenvalue weighted by molar-refractivity contribution is 14.1. The third-order valence-corrected chi connectivity index (χ3v) is 7.44. The molecule has 0 aromatic heterocycles. The minimum atomic E-state index is -0.490. The third kappa shape index (κ3) is 8.45. The van der Waals surface area contributed by atoms with Crippen molar-refractivity contribution >= 4 is 84.7 Å². The molecule has 0 aliphatic carbocycles. The van der Waals surface area contributed by atoms with Gasteiger partial charge in [0, 0.05) is 39.6 Å². The van der Waals surface area contributed by atoms with Crippen LogP contribution in [0.3, 0.4) is 0 Å². The van der Waals surface area contributed by atoms with E-state index in [1.165, 1.54) is 6.92 Å². The smallest absolute Gasteiger partial charge is 0.318 e. The second-order valence-electron chi connectivity index (χ2n) is 9.35. The first-order valence-corrected chi connectivity index (χ1v) is 15.4. The average Bonchev–Trinajstić information content (AvgIpc) is 3.03. The molecule has 0 heterocycles. The van der Waals surface area contributed by atoms with E-state index in [4.69, 9.17) is 9.68 Å². The number of ketones is 1. The molecule has 0 aliphatic rings. The lowest BCUT2D eigenvalue weighted by Gasteiger charge is -2.26. The fraction of sp³-hybridized carbons (Fsp3) is 0.121. The molecule has 0 saturated heterocycles. The number of benzene rings is 4. The molecule has 0 aliphatic heterocycles. The third-order valence-electron chi connectivity index (χ3n) is 6.29. The van der Waals surface area contributed by atoms with Crippen LogP contribution in [0.15, 0.2) is 112 Å². The summed E-state index contributed by atoms with van der Waals surface area (Å²) in [4.78, 5) is 47.5. The van der Waals surface area contributed by atoms with Crippen LogP contribution in [0.25, 0.3) is 0 Å². The van der Waals surface area contributed by atoms with Gasteiger partial charge < -0.3 is 14.6 Å². The van der Waals surface area contributed by atoms with E-state index in [1.54, 1.807) is 26.0 Å². The first kappa shape index (κ1) is 31.8. The van der Waals surface area contributed by atoms with Crippen molar-refractivity contribution in [1.29, 1.82) is 0 Å². The summed E-state index contributed by atoms with van der Waals surface area (Å²) in [5, 5.41) is 7.81. The van der Waals surface area contributed by atoms with Gasteiger partial charge in [-0.2, -0.15) is 0 Å². The van der Waals surface area contributed by atoms with Gasteiger partial charge in [0.1, 0.15) is 4.43 Å². The van der Waals surface area contributed by atoms with Gasteiger partial charge in [-0.1, -0.05) is 73.1 Å². The largest absolute Gasteiger partial charge is 0.344 e. The summed E-state index contributed by atoms with van der Waals surface area (Å²) in [7, 11) is 0. The molecule has 4 rings (SSSR count). The highest BCUT2D eigenvalue weighted by atomic mass is 127. The maximum absolute atomic E-state index is 13.1. The van der Waals surface area contributed by atoms with Crippen LogP contribution < -0.4 is 4.90 Å². The minimum Gasteiger partial charge on any atom is -0.318 e. The van der Waals surface area contributed by atoms with Crippen molar-refractivity contribution in [2.24, 2.45) is 10.3 Å². The number of oxime groups is 2. The van der Waals surface area contributed by atoms with Crippen LogP contribution in [-0.2, 0) is 19.3 Å². The Morgan fingerprint density at radius 2 is 1.00 bits per heavy atom. The van der Waals surface area contributed by atoms with E-state index in [9.17, 15) is 14.4 Å². The fourth-order valence-electron chi connectivity index (χ4n) is 4.06. The van der Waals surface area contributed by atoms with E-state index in [0.717, 1.165) is 32.7 Å². The molecule has 0 bridgehead atoms. The SMILES string of the molecule is CC(=O)O/N=C(\C)c1ccc(N(c2ccc(C(=O)c3ccc(Br)cc3)cc2)c2ccc(/C(C)=N/OC(=O)CI)cc2)cc1. The molecule has 0 N–H and O–H groups in total. The Hall–Kier alpha value is -4.16. The fourth-order valence-corrected chi connectivity index (χ4v) is 4.47. The van der Waals surface area contributed by atoms with Crippen molar-refractivity contribution in [3.05, 3.63) is 124 Å². The number of rotatable bonds is 10. The molecule has 0 radical (unpaired) electrons. The van der Waals surface area contributed by atoms with Gasteiger partial charge in [-0.25, -0.2) is 9.59 Å². The van der Waals surface area contributed by atoms with Crippen molar-refractivity contribution < 1.29 is 24.1 Å².